The van der Waals surface area contributed by atoms with Gasteiger partial charge in [-0.05, 0) is 12.0 Å². The van der Waals surface area contributed by atoms with E-state index in [-0.39, 0.29) is 12.1 Å². The number of carbonyl (C=O) groups is 1. The van der Waals surface area contributed by atoms with Gasteiger partial charge in [-0.25, -0.2) is 4.79 Å². The number of carbonyl (C=O) groups excluding carboxylic acids is 1. The lowest BCUT2D eigenvalue weighted by Gasteiger charge is -2.49. The molecule has 0 saturated carbocycles. The standard InChI is InChI=1S/C16H20N4O2/c1-22-16(13-5-3-2-4-6-13)10-20(11-16)15(21)18-14-7-8-19(9-14)12-17/h2-6,14H,7-11H2,1H3,(H,18,21). The van der Waals surface area contributed by atoms with Crippen LogP contribution >= 0.6 is 0 Å². The van der Waals surface area contributed by atoms with E-state index in [1.165, 1.54) is 0 Å². The summed E-state index contributed by atoms with van der Waals surface area (Å²) >= 11 is 0. The first kappa shape index (κ1) is 14.7. The normalized spacial score (nSPS) is 22.8. The minimum atomic E-state index is -0.396. The van der Waals surface area contributed by atoms with Crippen LogP contribution in [0.5, 0.6) is 0 Å². The summed E-state index contributed by atoms with van der Waals surface area (Å²) in [7, 11) is 1.68. The molecule has 22 heavy (non-hydrogen) atoms. The molecular weight excluding hydrogens is 280 g/mol. The minimum Gasteiger partial charge on any atom is -0.370 e. The highest BCUT2D eigenvalue weighted by atomic mass is 16.5. The zero-order chi connectivity index (χ0) is 15.6. The topological polar surface area (TPSA) is 68.6 Å². The number of nitrogens with zero attached hydrogens (tertiary/aromatic N) is 3. The number of amides is 2. The average Bonchev–Trinajstić information content (AvgIpc) is 2.95. The van der Waals surface area contributed by atoms with E-state index in [1.807, 2.05) is 30.3 Å². The van der Waals surface area contributed by atoms with Gasteiger partial charge in [-0.15, -0.1) is 0 Å². The van der Waals surface area contributed by atoms with Crippen molar-refractivity contribution in [3.8, 4) is 6.19 Å². The van der Waals surface area contributed by atoms with Gasteiger partial charge in [0.05, 0.1) is 19.1 Å². The van der Waals surface area contributed by atoms with Crippen molar-refractivity contribution in [2.45, 2.75) is 18.1 Å². The number of nitrogens with one attached hydrogen (secondary N) is 1. The summed E-state index contributed by atoms with van der Waals surface area (Å²) in [4.78, 5) is 15.7. The molecule has 1 aromatic carbocycles. The lowest BCUT2D eigenvalue weighted by Crippen LogP contribution is -2.64. The summed E-state index contributed by atoms with van der Waals surface area (Å²) < 4.78 is 5.67. The molecule has 0 bridgehead atoms. The zero-order valence-corrected chi connectivity index (χ0v) is 12.7. The van der Waals surface area contributed by atoms with E-state index < -0.39 is 5.60 Å². The lowest BCUT2D eigenvalue weighted by molar-refractivity contribution is -0.111. The summed E-state index contributed by atoms with van der Waals surface area (Å²) in [5.41, 5.74) is 0.700. The van der Waals surface area contributed by atoms with Gasteiger partial charge in [0.15, 0.2) is 6.19 Å². The second-order valence-electron chi connectivity index (χ2n) is 5.90. The van der Waals surface area contributed by atoms with Crippen LogP contribution < -0.4 is 5.32 Å². The van der Waals surface area contributed by atoms with Crippen LogP contribution in [-0.2, 0) is 10.3 Å². The van der Waals surface area contributed by atoms with Crippen LogP contribution in [0.4, 0.5) is 4.79 Å². The van der Waals surface area contributed by atoms with Gasteiger partial charge < -0.3 is 19.9 Å². The minimum absolute atomic E-state index is 0.0569. The molecule has 3 rings (SSSR count). The van der Waals surface area contributed by atoms with Crippen LogP contribution in [-0.4, -0.2) is 55.2 Å². The van der Waals surface area contributed by atoms with Crippen molar-refractivity contribution in [3.05, 3.63) is 35.9 Å². The van der Waals surface area contributed by atoms with Gasteiger partial charge in [0.2, 0.25) is 0 Å². The molecule has 6 heteroatoms. The smallest absolute Gasteiger partial charge is 0.317 e. The van der Waals surface area contributed by atoms with Gasteiger partial charge in [0.1, 0.15) is 5.60 Å². The van der Waals surface area contributed by atoms with Crippen molar-refractivity contribution < 1.29 is 9.53 Å². The molecule has 0 aliphatic carbocycles. The second kappa shape index (κ2) is 5.85. The number of ether oxygens (including phenoxy) is 1. The Hall–Kier alpha value is -2.26. The van der Waals surface area contributed by atoms with Gasteiger partial charge in [-0.2, -0.15) is 5.26 Å². The third-order valence-electron chi connectivity index (χ3n) is 4.53. The molecule has 2 saturated heterocycles. The Labute approximate surface area is 130 Å². The maximum absolute atomic E-state index is 12.3. The molecule has 2 aliphatic heterocycles. The highest BCUT2D eigenvalue weighted by Crippen LogP contribution is 2.35. The highest BCUT2D eigenvalue weighted by molar-refractivity contribution is 5.76. The Morgan fingerprint density at radius 2 is 2.14 bits per heavy atom. The van der Waals surface area contributed by atoms with E-state index in [0.717, 1.165) is 12.0 Å². The first-order chi connectivity index (χ1) is 10.7. The molecule has 0 radical (unpaired) electrons. The predicted octanol–water partition coefficient (Wildman–Crippen LogP) is 1.11. The predicted molar refractivity (Wildman–Crippen MR) is 80.8 cm³/mol. The summed E-state index contributed by atoms with van der Waals surface area (Å²) in [6.07, 6.45) is 2.94. The fraction of sp³-hybridized carbons (Fsp3) is 0.500. The van der Waals surface area contributed by atoms with E-state index >= 15 is 0 Å². The summed E-state index contributed by atoms with van der Waals surface area (Å²) in [6, 6.07) is 9.97. The van der Waals surface area contributed by atoms with Gasteiger partial charge in [-0.3, -0.25) is 0 Å². The van der Waals surface area contributed by atoms with Gasteiger partial charge >= 0.3 is 6.03 Å². The Balaban J connectivity index is 1.56. The third-order valence-corrected chi connectivity index (χ3v) is 4.53. The Morgan fingerprint density at radius 1 is 1.41 bits per heavy atom. The van der Waals surface area contributed by atoms with Crippen molar-refractivity contribution >= 4 is 6.03 Å². The van der Waals surface area contributed by atoms with E-state index in [0.29, 0.717) is 26.2 Å². The first-order valence-electron chi connectivity index (χ1n) is 7.48. The number of hydrogen-bond donors (Lipinski definition) is 1. The number of likely N-dealkylation sites (tertiary alicyclic amines) is 2. The van der Waals surface area contributed by atoms with Crippen molar-refractivity contribution in [2.75, 3.05) is 33.3 Å². The third kappa shape index (κ3) is 2.60. The van der Waals surface area contributed by atoms with Crippen LogP contribution in [0.25, 0.3) is 0 Å². The number of nitriles is 1. The molecule has 1 unspecified atom stereocenters. The summed E-state index contributed by atoms with van der Waals surface area (Å²) in [5.74, 6) is 0. The molecule has 2 fully saturated rings. The fourth-order valence-corrected chi connectivity index (χ4v) is 3.12. The fourth-order valence-electron chi connectivity index (χ4n) is 3.12. The quantitative estimate of drug-likeness (QED) is 0.849. The molecule has 2 aliphatic rings. The largest absolute Gasteiger partial charge is 0.370 e. The van der Waals surface area contributed by atoms with Crippen molar-refractivity contribution in [1.29, 1.82) is 5.26 Å². The molecule has 2 amide bonds. The summed E-state index contributed by atoms with van der Waals surface area (Å²) in [6.45, 7) is 2.42. The van der Waals surface area contributed by atoms with E-state index in [2.05, 4.69) is 11.5 Å². The van der Waals surface area contributed by atoms with Crippen LogP contribution in [0, 0.1) is 11.5 Å². The number of methoxy groups -OCH3 is 1. The Morgan fingerprint density at radius 3 is 2.73 bits per heavy atom. The van der Waals surface area contributed by atoms with Gasteiger partial charge in [0, 0.05) is 20.2 Å². The maximum Gasteiger partial charge on any atom is 0.317 e. The maximum atomic E-state index is 12.3. The molecule has 116 valence electrons. The van der Waals surface area contributed by atoms with Crippen LogP contribution in [0.2, 0.25) is 0 Å². The SMILES string of the molecule is COC1(c2ccccc2)CN(C(=O)NC2CCN(C#N)C2)C1. The van der Waals surface area contributed by atoms with E-state index in [1.54, 1.807) is 16.9 Å². The zero-order valence-electron chi connectivity index (χ0n) is 12.7. The molecular formula is C16H20N4O2. The lowest BCUT2D eigenvalue weighted by atomic mass is 9.86. The molecule has 1 atom stereocenters. The molecule has 0 aromatic heterocycles. The van der Waals surface area contributed by atoms with Crippen LogP contribution in [0.15, 0.2) is 30.3 Å². The number of hydrogen-bond acceptors (Lipinski definition) is 4. The molecule has 6 nitrogen and oxygen atoms in total. The van der Waals surface area contributed by atoms with Gasteiger partial charge in [-0.1, -0.05) is 30.3 Å². The number of benzene rings is 1. The Bertz CT molecular complexity index is 578. The molecule has 1 N–H and O–H groups in total. The molecule has 2 heterocycles. The number of rotatable bonds is 3. The number of urea groups is 1. The van der Waals surface area contributed by atoms with E-state index in [9.17, 15) is 4.79 Å². The van der Waals surface area contributed by atoms with Crippen molar-refractivity contribution in [3.63, 3.8) is 0 Å². The second-order valence-corrected chi connectivity index (χ2v) is 5.90. The van der Waals surface area contributed by atoms with Crippen molar-refractivity contribution in [1.82, 2.24) is 15.1 Å². The van der Waals surface area contributed by atoms with Gasteiger partial charge in [0.25, 0.3) is 0 Å². The van der Waals surface area contributed by atoms with Crippen LogP contribution in [0.3, 0.4) is 0 Å². The first-order valence-corrected chi connectivity index (χ1v) is 7.48. The average molecular weight is 300 g/mol. The van der Waals surface area contributed by atoms with Crippen LogP contribution in [0.1, 0.15) is 12.0 Å². The highest BCUT2D eigenvalue weighted by Gasteiger charge is 2.47. The Kier molecular flexibility index (Phi) is 3.90. The van der Waals surface area contributed by atoms with Crippen molar-refractivity contribution in [2.24, 2.45) is 0 Å². The molecule has 0 spiro atoms. The summed E-state index contributed by atoms with van der Waals surface area (Å²) in [5, 5.41) is 11.8. The molecule has 1 aromatic rings. The van der Waals surface area contributed by atoms with E-state index in [4.69, 9.17) is 10.00 Å². The monoisotopic (exact) mass is 300 g/mol.